The van der Waals surface area contributed by atoms with E-state index in [-0.39, 0.29) is 11.5 Å². The maximum absolute atomic E-state index is 13.4. The summed E-state index contributed by atoms with van der Waals surface area (Å²) >= 11 is 0. The number of Topliss-reactive ketones (excluding diaryl/α,β-unsaturated/α-hetero) is 1. The fourth-order valence-electron chi connectivity index (χ4n) is 4.95. The lowest BCUT2D eigenvalue weighted by Crippen LogP contribution is -2.52. The van der Waals surface area contributed by atoms with Crippen molar-refractivity contribution >= 4 is 5.78 Å². The van der Waals surface area contributed by atoms with Gasteiger partial charge < -0.3 is 4.74 Å². The van der Waals surface area contributed by atoms with Crippen molar-refractivity contribution < 1.29 is 9.53 Å². The highest BCUT2D eigenvalue weighted by atomic mass is 16.5. The van der Waals surface area contributed by atoms with Crippen molar-refractivity contribution in [3.8, 4) is 0 Å². The molecule has 0 amide bonds. The van der Waals surface area contributed by atoms with Crippen LogP contribution in [-0.2, 0) is 28.8 Å². The molecule has 0 bridgehead atoms. The van der Waals surface area contributed by atoms with Crippen molar-refractivity contribution in [2.24, 2.45) is 11.3 Å². The summed E-state index contributed by atoms with van der Waals surface area (Å²) in [5.41, 5.74) is 3.79. The van der Waals surface area contributed by atoms with Gasteiger partial charge in [0.1, 0.15) is 5.78 Å². The van der Waals surface area contributed by atoms with Crippen LogP contribution >= 0.6 is 0 Å². The first-order valence-corrected chi connectivity index (χ1v) is 9.47. The Labute approximate surface area is 150 Å². The summed E-state index contributed by atoms with van der Waals surface area (Å²) in [4.78, 5) is 13.4. The molecule has 130 valence electrons. The Morgan fingerprint density at radius 2 is 1.72 bits per heavy atom. The molecule has 1 fully saturated rings. The summed E-state index contributed by atoms with van der Waals surface area (Å²) in [7, 11) is 0. The van der Waals surface area contributed by atoms with E-state index in [0.29, 0.717) is 24.7 Å². The Balaban J connectivity index is 1.72. The first-order chi connectivity index (χ1) is 12.2. The number of ketones is 1. The Bertz CT molecular complexity index is 752. The molecule has 1 saturated carbocycles. The molecule has 0 unspecified atom stereocenters. The van der Waals surface area contributed by atoms with Crippen LogP contribution < -0.4 is 0 Å². The molecule has 3 atom stereocenters. The molecule has 0 saturated heterocycles. The standard InChI is InChI=1S/C23H26O2/c1-2-25-21-13-20-12-18-10-6-7-11-19(18)16-23(20,22(24)14-21)15-17-8-4-3-5-9-17/h3-11,20-21H,2,12-16H2,1H3/t20-,21+,23-/m0/s1. The van der Waals surface area contributed by atoms with Crippen LogP contribution in [-0.4, -0.2) is 18.5 Å². The lowest BCUT2D eigenvalue weighted by molar-refractivity contribution is -0.143. The largest absolute Gasteiger partial charge is 0.378 e. The number of carbonyl (C=O) groups is 1. The smallest absolute Gasteiger partial charge is 0.142 e. The maximum Gasteiger partial charge on any atom is 0.142 e. The SMILES string of the molecule is CCO[C@H]1CC(=O)[C@@]2(Cc3ccccc3)Cc3ccccc3C[C@H]2C1. The van der Waals surface area contributed by atoms with Crippen LogP contribution in [0, 0.1) is 11.3 Å². The van der Waals surface area contributed by atoms with Gasteiger partial charge in [0.05, 0.1) is 6.10 Å². The minimum atomic E-state index is -0.261. The zero-order valence-electron chi connectivity index (χ0n) is 14.9. The number of benzene rings is 2. The molecule has 0 spiro atoms. The first-order valence-electron chi connectivity index (χ1n) is 9.47. The zero-order chi connectivity index (χ0) is 17.3. The minimum absolute atomic E-state index is 0.0941. The monoisotopic (exact) mass is 334 g/mol. The van der Waals surface area contributed by atoms with Crippen LogP contribution in [0.5, 0.6) is 0 Å². The lowest BCUT2D eigenvalue weighted by atomic mass is 9.55. The molecule has 0 aromatic heterocycles. The second-order valence-corrected chi connectivity index (χ2v) is 7.61. The fourth-order valence-corrected chi connectivity index (χ4v) is 4.95. The maximum atomic E-state index is 13.4. The number of rotatable bonds is 4. The van der Waals surface area contributed by atoms with Gasteiger partial charge >= 0.3 is 0 Å². The Morgan fingerprint density at radius 1 is 1.00 bits per heavy atom. The van der Waals surface area contributed by atoms with Crippen molar-refractivity contribution in [3.05, 3.63) is 71.3 Å². The average Bonchev–Trinajstić information content (AvgIpc) is 2.62. The summed E-state index contributed by atoms with van der Waals surface area (Å²) in [6, 6.07) is 19.2. The topological polar surface area (TPSA) is 26.3 Å². The molecule has 0 aliphatic heterocycles. The van der Waals surface area contributed by atoms with Crippen LogP contribution in [0.15, 0.2) is 54.6 Å². The number of carbonyl (C=O) groups excluding carboxylic acids is 1. The van der Waals surface area contributed by atoms with Gasteiger partial charge in [-0.05, 0) is 55.2 Å². The van der Waals surface area contributed by atoms with Crippen molar-refractivity contribution in [3.63, 3.8) is 0 Å². The van der Waals surface area contributed by atoms with Gasteiger partial charge in [-0.1, -0.05) is 54.6 Å². The molecule has 0 heterocycles. The quantitative estimate of drug-likeness (QED) is 0.828. The van der Waals surface area contributed by atoms with Crippen molar-refractivity contribution in [1.29, 1.82) is 0 Å². The van der Waals surface area contributed by atoms with Crippen molar-refractivity contribution in [2.45, 2.75) is 45.1 Å². The van der Waals surface area contributed by atoms with Gasteiger partial charge in [0.2, 0.25) is 0 Å². The third-order valence-electron chi connectivity index (χ3n) is 6.15. The van der Waals surface area contributed by atoms with Crippen LogP contribution in [0.3, 0.4) is 0 Å². The molecule has 0 N–H and O–H groups in total. The van der Waals surface area contributed by atoms with Gasteiger partial charge in [0.15, 0.2) is 0 Å². The molecule has 2 aliphatic carbocycles. The van der Waals surface area contributed by atoms with Crippen LogP contribution in [0.1, 0.15) is 36.5 Å². The summed E-state index contributed by atoms with van der Waals surface area (Å²) in [5, 5.41) is 0. The van der Waals surface area contributed by atoms with E-state index in [9.17, 15) is 4.79 Å². The lowest BCUT2D eigenvalue weighted by Gasteiger charge is -2.49. The summed E-state index contributed by atoms with van der Waals surface area (Å²) < 4.78 is 5.86. The molecule has 2 aromatic carbocycles. The van der Waals surface area contributed by atoms with Gasteiger partial charge in [-0.2, -0.15) is 0 Å². The van der Waals surface area contributed by atoms with E-state index in [1.165, 1.54) is 16.7 Å². The molecule has 2 heteroatoms. The van der Waals surface area contributed by atoms with E-state index >= 15 is 0 Å². The van der Waals surface area contributed by atoms with E-state index in [4.69, 9.17) is 4.74 Å². The van der Waals surface area contributed by atoms with E-state index < -0.39 is 0 Å². The van der Waals surface area contributed by atoms with Gasteiger partial charge in [-0.25, -0.2) is 0 Å². The summed E-state index contributed by atoms with van der Waals surface area (Å²) in [6.45, 7) is 2.71. The second kappa shape index (κ2) is 6.76. The third-order valence-corrected chi connectivity index (χ3v) is 6.15. The molecule has 2 nitrogen and oxygen atoms in total. The van der Waals surface area contributed by atoms with Gasteiger partial charge in [-0.3, -0.25) is 4.79 Å². The van der Waals surface area contributed by atoms with Crippen LogP contribution in [0.4, 0.5) is 0 Å². The molecule has 2 aliphatic rings. The average molecular weight is 334 g/mol. The fraction of sp³-hybridized carbons (Fsp3) is 0.435. The Morgan fingerprint density at radius 3 is 2.48 bits per heavy atom. The normalized spacial score (nSPS) is 28.3. The van der Waals surface area contributed by atoms with E-state index in [1.54, 1.807) is 0 Å². The van der Waals surface area contributed by atoms with Gasteiger partial charge in [0.25, 0.3) is 0 Å². The minimum Gasteiger partial charge on any atom is -0.378 e. The number of ether oxygens (including phenoxy) is 1. The number of fused-ring (bicyclic) bond motifs is 2. The molecular weight excluding hydrogens is 308 g/mol. The first kappa shape index (κ1) is 16.5. The molecule has 25 heavy (non-hydrogen) atoms. The molecule has 0 radical (unpaired) electrons. The summed E-state index contributed by atoms with van der Waals surface area (Å²) in [5.74, 6) is 0.779. The highest BCUT2D eigenvalue weighted by Crippen LogP contribution is 2.49. The predicted octanol–water partition coefficient (Wildman–Crippen LogP) is 4.40. The van der Waals surface area contributed by atoms with Crippen LogP contribution in [0.2, 0.25) is 0 Å². The predicted molar refractivity (Wildman–Crippen MR) is 99.6 cm³/mol. The van der Waals surface area contributed by atoms with E-state index in [0.717, 1.165) is 25.7 Å². The van der Waals surface area contributed by atoms with E-state index in [2.05, 4.69) is 48.5 Å². The van der Waals surface area contributed by atoms with Crippen molar-refractivity contribution in [1.82, 2.24) is 0 Å². The summed E-state index contributed by atoms with van der Waals surface area (Å²) in [6.07, 6.45) is 4.39. The highest BCUT2D eigenvalue weighted by molar-refractivity contribution is 5.87. The number of hydrogen-bond donors (Lipinski definition) is 0. The third kappa shape index (κ3) is 3.04. The number of hydrogen-bond acceptors (Lipinski definition) is 2. The van der Waals surface area contributed by atoms with Gasteiger partial charge in [0, 0.05) is 18.4 Å². The van der Waals surface area contributed by atoms with Gasteiger partial charge in [-0.15, -0.1) is 0 Å². The van der Waals surface area contributed by atoms with E-state index in [1.807, 2.05) is 13.0 Å². The zero-order valence-corrected chi connectivity index (χ0v) is 14.9. The Kier molecular flexibility index (Phi) is 4.47. The molecule has 2 aromatic rings. The molecule has 4 rings (SSSR count). The van der Waals surface area contributed by atoms with Crippen molar-refractivity contribution in [2.75, 3.05) is 6.61 Å². The molecular formula is C23H26O2. The highest BCUT2D eigenvalue weighted by Gasteiger charge is 2.51. The van der Waals surface area contributed by atoms with Crippen LogP contribution in [0.25, 0.3) is 0 Å². The second-order valence-electron chi connectivity index (χ2n) is 7.61. The Hall–Kier alpha value is -1.93.